The number of aryl methyl sites for hydroxylation is 1. The zero-order chi connectivity index (χ0) is 18.8. The van der Waals surface area contributed by atoms with Crippen molar-refractivity contribution in [1.29, 1.82) is 0 Å². The first-order chi connectivity index (χ1) is 12.4. The molecule has 2 heterocycles. The molecule has 1 aromatic heterocycles. The molecule has 1 amide bonds. The summed E-state index contributed by atoms with van der Waals surface area (Å²) in [7, 11) is 5.63. The molecule has 26 heavy (non-hydrogen) atoms. The first-order valence-electron chi connectivity index (χ1n) is 8.37. The molecule has 1 fully saturated rings. The summed E-state index contributed by atoms with van der Waals surface area (Å²) in [4.78, 5) is 16.6. The Kier molecular flexibility index (Phi) is 5.33. The molecular formula is C18H22F2N4O2. The van der Waals surface area contributed by atoms with E-state index >= 15 is 0 Å². The maximum Gasteiger partial charge on any atom is 0.257 e. The number of carbonyl (C=O) groups is 1. The van der Waals surface area contributed by atoms with E-state index in [-0.39, 0.29) is 11.7 Å². The number of ether oxygens (including phenoxy) is 1. The largest absolute Gasteiger partial charge is 0.373 e. The summed E-state index contributed by atoms with van der Waals surface area (Å²) in [5.74, 6) is -2.06. The first-order valence-corrected chi connectivity index (χ1v) is 8.37. The van der Waals surface area contributed by atoms with Crippen LogP contribution in [0.3, 0.4) is 0 Å². The number of benzene rings is 1. The third-order valence-corrected chi connectivity index (χ3v) is 4.39. The number of nitrogens with zero attached hydrogens (tertiary/aromatic N) is 4. The van der Waals surface area contributed by atoms with Crippen molar-refractivity contribution in [2.45, 2.75) is 12.1 Å². The summed E-state index contributed by atoms with van der Waals surface area (Å²) in [5, 5.41) is 4.19. The highest BCUT2D eigenvalue weighted by Crippen LogP contribution is 2.31. The summed E-state index contributed by atoms with van der Waals surface area (Å²) in [6.45, 7) is 1.26. The smallest absolute Gasteiger partial charge is 0.257 e. The van der Waals surface area contributed by atoms with Crippen LogP contribution in [-0.4, -0.2) is 65.4 Å². The molecule has 0 aliphatic carbocycles. The molecule has 1 aliphatic heterocycles. The minimum atomic E-state index is -0.865. The molecule has 0 unspecified atom stereocenters. The lowest BCUT2D eigenvalue weighted by molar-refractivity contribution is -0.0685. The van der Waals surface area contributed by atoms with Crippen molar-refractivity contribution in [3.63, 3.8) is 0 Å². The van der Waals surface area contributed by atoms with Gasteiger partial charge in [0.15, 0.2) is 0 Å². The molecule has 6 nitrogen and oxygen atoms in total. The molecule has 0 spiro atoms. The van der Waals surface area contributed by atoms with Gasteiger partial charge < -0.3 is 14.5 Å². The Morgan fingerprint density at radius 1 is 1.38 bits per heavy atom. The molecule has 0 bridgehead atoms. The Hall–Kier alpha value is -2.32. The summed E-state index contributed by atoms with van der Waals surface area (Å²) in [6.07, 6.45) is 3.22. The van der Waals surface area contributed by atoms with Crippen LogP contribution in [0.4, 0.5) is 8.78 Å². The van der Waals surface area contributed by atoms with Gasteiger partial charge in [0.2, 0.25) is 0 Å². The SMILES string of the molecule is CN(C)C[C@@H]1OCCN(C(=O)c2ccc(F)cc2F)[C@H]1c1cnn(C)c1. The summed E-state index contributed by atoms with van der Waals surface area (Å²) >= 11 is 0. The van der Waals surface area contributed by atoms with Gasteiger partial charge in [-0.15, -0.1) is 0 Å². The van der Waals surface area contributed by atoms with Crippen molar-refractivity contribution in [3.05, 3.63) is 53.4 Å². The van der Waals surface area contributed by atoms with Gasteiger partial charge in [-0.25, -0.2) is 8.78 Å². The van der Waals surface area contributed by atoms with Gasteiger partial charge in [0, 0.05) is 38.0 Å². The number of aromatic nitrogens is 2. The van der Waals surface area contributed by atoms with Crippen molar-refractivity contribution in [2.24, 2.45) is 7.05 Å². The second-order valence-corrected chi connectivity index (χ2v) is 6.69. The van der Waals surface area contributed by atoms with E-state index in [0.717, 1.165) is 17.7 Å². The van der Waals surface area contributed by atoms with Crippen LogP contribution >= 0.6 is 0 Å². The van der Waals surface area contributed by atoms with E-state index in [1.807, 2.05) is 25.2 Å². The van der Waals surface area contributed by atoms with Crippen molar-refractivity contribution < 1.29 is 18.3 Å². The number of halogens is 2. The van der Waals surface area contributed by atoms with Crippen LogP contribution in [0.5, 0.6) is 0 Å². The Morgan fingerprint density at radius 2 is 2.15 bits per heavy atom. The Labute approximate surface area is 151 Å². The number of likely N-dealkylation sites (N-methyl/N-ethyl adjacent to an activating group) is 1. The lowest BCUT2D eigenvalue weighted by atomic mass is 9.99. The Balaban J connectivity index is 1.97. The number of hydrogen-bond acceptors (Lipinski definition) is 4. The quantitative estimate of drug-likeness (QED) is 0.831. The molecule has 0 radical (unpaired) electrons. The van der Waals surface area contributed by atoms with Gasteiger partial charge in [-0.3, -0.25) is 9.48 Å². The summed E-state index contributed by atoms with van der Waals surface area (Å²) in [6, 6.07) is 2.60. The zero-order valence-electron chi connectivity index (χ0n) is 15.0. The van der Waals surface area contributed by atoms with Crippen LogP contribution in [0.2, 0.25) is 0 Å². The third-order valence-electron chi connectivity index (χ3n) is 4.39. The van der Waals surface area contributed by atoms with Gasteiger partial charge in [-0.05, 0) is 26.2 Å². The average Bonchev–Trinajstić information content (AvgIpc) is 2.99. The molecule has 2 atom stereocenters. The average molecular weight is 364 g/mol. The highest BCUT2D eigenvalue weighted by Gasteiger charge is 2.38. The highest BCUT2D eigenvalue weighted by atomic mass is 19.1. The fourth-order valence-corrected chi connectivity index (χ4v) is 3.28. The molecule has 140 valence electrons. The monoisotopic (exact) mass is 364 g/mol. The van der Waals surface area contributed by atoms with E-state index in [2.05, 4.69) is 5.10 Å². The maximum atomic E-state index is 14.2. The molecular weight excluding hydrogens is 342 g/mol. The molecule has 0 saturated carbocycles. The molecule has 2 aromatic rings. The van der Waals surface area contributed by atoms with Crippen molar-refractivity contribution >= 4 is 5.91 Å². The zero-order valence-corrected chi connectivity index (χ0v) is 15.0. The maximum absolute atomic E-state index is 14.2. The fraction of sp³-hybridized carbons (Fsp3) is 0.444. The first kappa shape index (κ1) is 18.5. The summed E-state index contributed by atoms with van der Waals surface area (Å²) in [5.41, 5.74) is 0.667. The van der Waals surface area contributed by atoms with Crippen LogP contribution in [0, 0.1) is 11.6 Å². The van der Waals surface area contributed by atoms with Crippen molar-refractivity contribution in [1.82, 2.24) is 19.6 Å². The number of rotatable bonds is 4. The van der Waals surface area contributed by atoms with Crippen molar-refractivity contribution in [2.75, 3.05) is 33.8 Å². The topological polar surface area (TPSA) is 50.6 Å². The third kappa shape index (κ3) is 3.76. The van der Waals surface area contributed by atoms with Gasteiger partial charge in [0.05, 0.1) is 30.5 Å². The fourth-order valence-electron chi connectivity index (χ4n) is 3.28. The van der Waals surface area contributed by atoms with Crippen LogP contribution in [0.15, 0.2) is 30.6 Å². The molecule has 3 rings (SSSR count). The molecule has 0 N–H and O–H groups in total. The predicted octanol–water partition coefficient (Wildman–Crippen LogP) is 1.84. The predicted molar refractivity (Wildman–Crippen MR) is 91.6 cm³/mol. The van der Waals surface area contributed by atoms with Crippen molar-refractivity contribution in [3.8, 4) is 0 Å². The number of carbonyl (C=O) groups excluding carboxylic acids is 1. The van der Waals surface area contributed by atoms with Crippen LogP contribution in [0.1, 0.15) is 22.0 Å². The van der Waals surface area contributed by atoms with E-state index in [0.29, 0.717) is 19.7 Å². The second-order valence-electron chi connectivity index (χ2n) is 6.69. The van der Waals surface area contributed by atoms with Gasteiger partial charge in [0.1, 0.15) is 11.6 Å². The van der Waals surface area contributed by atoms with E-state index in [1.165, 1.54) is 6.07 Å². The number of hydrogen-bond donors (Lipinski definition) is 0. The Morgan fingerprint density at radius 3 is 2.77 bits per heavy atom. The standard InChI is InChI=1S/C18H22F2N4O2/c1-22(2)11-16-17(12-9-21-23(3)10-12)24(6-7-26-16)18(25)14-5-4-13(19)8-15(14)20/h4-5,8-10,16-17H,6-7,11H2,1-3H3/t16-,17-/m0/s1. The molecule has 1 saturated heterocycles. The lowest BCUT2D eigenvalue weighted by Gasteiger charge is -2.41. The van der Waals surface area contributed by atoms with E-state index < -0.39 is 23.6 Å². The molecule has 8 heteroatoms. The highest BCUT2D eigenvalue weighted by molar-refractivity contribution is 5.94. The number of morpholine rings is 1. The number of amides is 1. The van der Waals surface area contributed by atoms with Crippen LogP contribution in [-0.2, 0) is 11.8 Å². The van der Waals surface area contributed by atoms with E-state index in [9.17, 15) is 13.6 Å². The van der Waals surface area contributed by atoms with Gasteiger partial charge in [0.25, 0.3) is 5.91 Å². The second kappa shape index (κ2) is 7.51. The van der Waals surface area contributed by atoms with Gasteiger partial charge in [-0.2, -0.15) is 5.10 Å². The van der Waals surface area contributed by atoms with Gasteiger partial charge >= 0.3 is 0 Å². The van der Waals surface area contributed by atoms with Crippen LogP contribution in [0.25, 0.3) is 0 Å². The minimum absolute atomic E-state index is 0.147. The normalized spacial score (nSPS) is 20.6. The molecule has 1 aliphatic rings. The van der Waals surface area contributed by atoms with Gasteiger partial charge in [-0.1, -0.05) is 0 Å². The summed E-state index contributed by atoms with van der Waals surface area (Å²) < 4.78 is 34.9. The van der Waals surface area contributed by atoms with Crippen LogP contribution < -0.4 is 0 Å². The minimum Gasteiger partial charge on any atom is -0.373 e. The van der Waals surface area contributed by atoms with E-state index in [4.69, 9.17) is 4.74 Å². The lowest BCUT2D eigenvalue weighted by Crippen LogP contribution is -2.51. The van der Waals surface area contributed by atoms with E-state index in [1.54, 1.807) is 22.8 Å². The molecule has 1 aromatic carbocycles. The Bertz CT molecular complexity index is 793.